The fourth-order valence-electron chi connectivity index (χ4n) is 1.38. The first-order chi connectivity index (χ1) is 4.97. The smallest absolute Gasteiger partial charge is 0.135 e. The standard InChI is InChI=1S/C9H16O2/c1-9(2,3)11-8-5-4-7(10)6-8/h8H,4-6H2,1-3H3/t8-/m1/s1. The van der Waals surface area contributed by atoms with E-state index in [0.29, 0.717) is 18.6 Å². The van der Waals surface area contributed by atoms with Crippen molar-refractivity contribution in [1.29, 1.82) is 0 Å². The summed E-state index contributed by atoms with van der Waals surface area (Å²) in [6.45, 7) is 6.07. The van der Waals surface area contributed by atoms with E-state index >= 15 is 0 Å². The first-order valence-corrected chi connectivity index (χ1v) is 4.17. The van der Waals surface area contributed by atoms with Crippen LogP contribution in [0.25, 0.3) is 0 Å². The molecule has 1 atom stereocenters. The van der Waals surface area contributed by atoms with E-state index in [2.05, 4.69) is 0 Å². The van der Waals surface area contributed by atoms with Crippen molar-refractivity contribution in [2.75, 3.05) is 0 Å². The van der Waals surface area contributed by atoms with Gasteiger partial charge in [-0.1, -0.05) is 0 Å². The number of ether oxygens (including phenoxy) is 1. The molecule has 1 saturated carbocycles. The van der Waals surface area contributed by atoms with E-state index in [4.69, 9.17) is 4.74 Å². The van der Waals surface area contributed by atoms with E-state index in [1.807, 2.05) is 20.8 Å². The minimum absolute atomic E-state index is 0.102. The second-order valence-corrected chi connectivity index (χ2v) is 4.13. The first-order valence-electron chi connectivity index (χ1n) is 4.17. The SMILES string of the molecule is CC(C)(C)O[C@@H]1CCC(=O)C1. The van der Waals surface area contributed by atoms with Crippen molar-refractivity contribution in [2.24, 2.45) is 0 Å². The summed E-state index contributed by atoms with van der Waals surface area (Å²) in [4.78, 5) is 10.9. The Bertz CT molecular complexity index is 155. The van der Waals surface area contributed by atoms with Gasteiger partial charge in [0.2, 0.25) is 0 Å². The van der Waals surface area contributed by atoms with Crippen LogP contribution in [0.5, 0.6) is 0 Å². The van der Waals surface area contributed by atoms with Gasteiger partial charge in [0, 0.05) is 12.8 Å². The quantitative estimate of drug-likeness (QED) is 0.579. The maximum atomic E-state index is 10.9. The molecule has 0 spiro atoms. The molecular weight excluding hydrogens is 140 g/mol. The number of hydrogen-bond donors (Lipinski definition) is 0. The van der Waals surface area contributed by atoms with Gasteiger partial charge in [-0.3, -0.25) is 4.79 Å². The molecule has 0 aromatic carbocycles. The molecule has 1 aliphatic carbocycles. The highest BCUT2D eigenvalue weighted by Gasteiger charge is 2.26. The molecule has 0 amide bonds. The third-order valence-electron chi connectivity index (χ3n) is 1.72. The van der Waals surface area contributed by atoms with Gasteiger partial charge in [-0.2, -0.15) is 0 Å². The molecule has 1 aliphatic rings. The van der Waals surface area contributed by atoms with Gasteiger partial charge in [0.05, 0.1) is 11.7 Å². The molecule has 0 aromatic rings. The van der Waals surface area contributed by atoms with Crippen molar-refractivity contribution >= 4 is 5.78 Å². The molecule has 0 heterocycles. The van der Waals surface area contributed by atoms with Crippen molar-refractivity contribution in [3.63, 3.8) is 0 Å². The third kappa shape index (κ3) is 3.02. The molecular formula is C9H16O2. The van der Waals surface area contributed by atoms with E-state index in [9.17, 15) is 4.79 Å². The summed E-state index contributed by atoms with van der Waals surface area (Å²) in [5.74, 6) is 0.347. The van der Waals surface area contributed by atoms with Crippen molar-refractivity contribution in [2.45, 2.75) is 51.7 Å². The van der Waals surface area contributed by atoms with E-state index < -0.39 is 0 Å². The second kappa shape index (κ2) is 2.94. The maximum absolute atomic E-state index is 10.9. The fraction of sp³-hybridized carbons (Fsp3) is 0.889. The largest absolute Gasteiger partial charge is 0.372 e. The van der Waals surface area contributed by atoms with Crippen molar-refractivity contribution < 1.29 is 9.53 Å². The zero-order valence-corrected chi connectivity index (χ0v) is 7.52. The molecule has 1 rings (SSSR count). The molecule has 0 N–H and O–H groups in total. The van der Waals surface area contributed by atoms with Crippen molar-refractivity contribution in [3.05, 3.63) is 0 Å². The normalized spacial score (nSPS) is 26.1. The highest BCUT2D eigenvalue weighted by molar-refractivity contribution is 5.81. The number of Topliss-reactive ketones (excluding diaryl/α,β-unsaturated/α-hetero) is 1. The van der Waals surface area contributed by atoms with Gasteiger partial charge in [0.15, 0.2) is 0 Å². The Kier molecular flexibility index (Phi) is 2.33. The lowest BCUT2D eigenvalue weighted by Crippen LogP contribution is -2.25. The van der Waals surface area contributed by atoms with Gasteiger partial charge in [-0.25, -0.2) is 0 Å². The van der Waals surface area contributed by atoms with Crippen LogP contribution in [0.15, 0.2) is 0 Å². The fourth-order valence-corrected chi connectivity index (χ4v) is 1.38. The summed E-state index contributed by atoms with van der Waals surface area (Å²) in [5.41, 5.74) is -0.102. The summed E-state index contributed by atoms with van der Waals surface area (Å²) >= 11 is 0. The van der Waals surface area contributed by atoms with Gasteiger partial charge >= 0.3 is 0 Å². The number of rotatable bonds is 1. The Morgan fingerprint density at radius 3 is 2.45 bits per heavy atom. The lowest BCUT2D eigenvalue weighted by Gasteiger charge is -2.23. The Morgan fingerprint density at radius 2 is 2.09 bits per heavy atom. The summed E-state index contributed by atoms with van der Waals surface area (Å²) in [7, 11) is 0. The van der Waals surface area contributed by atoms with Crippen LogP contribution in [-0.4, -0.2) is 17.5 Å². The molecule has 0 aliphatic heterocycles. The summed E-state index contributed by atoms with van der Waals surface area (Å²) in [6.07, 6.45) is 2.43. The van der Waals surface area contributed by atoms with E-state index in [1.54, 1.807) is 0 Å². The van der Waals surface area contributed by atoms with Crippen molar-refractivity contribution in [1.82, 2.24) is 0 Å². The number of carbonyl (C=O) groups excluding carboxylic acids is 1. The predicted molar refractivity (Wildman–Crippen MR) is 43.5 cm³/mol. The summed E-state index contributed by atoms with van der Waals surface area (Å²) < 4.78 is 5.65. The van der Waals surface area contributed by atoms with Crippen LogP contribution in [0.3, 0.4) is 0 Å². The topological polar surface area (TPSA) is 26.3 Å². The monoisotopic (exact) mass is 156 g/mol. The third-order valence-corrected chi connectivity index (χ3v) is 1.72. The van der Waals surface area contributed by atoms with Crippen LogP contribution in [0, 0.1) is 0 Å². The van der Waals surface area contributed by atoms with Crippen LogP contribution in [0.1, 0.15) is 40.0 Å². The molecule has 0 saturated heterocycles. The second-order valence-electron chi connectivity index (χ2n) is 4.13. The molecule has 64 valence electrons. The van der Waals surface area contributed by atoms with Gasteiger partial charge in [0.1, 0.15) is 5.78 Å². The lowest BCUT2D eigenvalue weighted by atomic mass is 10.2. The van der Waals surface area contributed by atoms with Crippen LogP contribution in [0.2, 0.25) is 0 Å². The van der Waals surface area contributed by atoms with E-state index in [0.717, 1.165) is 6.42 Å². The lowest BCUT2D eigenvalue weighted by molar-refractivity contribution is -0.119. The van der Waals surface area contributed by atoms with Crippen LogP contribution < -0.4 is 0 Å². The average Bonchev–Trinajstić information content (AvgIpc) is 2.10. The van der Waals surface area contributed by atoms with Gasteiger partial charge in [-0.15, -0.1) is 0 Å². The highest BCUT2D eigenvalue weighted by Crippen LogP contribution is 2.23. The first kappa shape index (κ1) is 8.72. The molecule has 0 bridgehead atoms. The Morgan fingerprint density at radius 1 is 1.45 bits per heavy atom. The zero-order chi connectivity index (χ0) is 8.48. The Hall–Kier alpha value is -0.370. The number of ketones is 1. The Balaban J connectivity index is 2.34. The number of carbonyl (C=O) groups is 1. The van der Waals surface area contributed by atoms with E-state index in [1.165, 1.54) is 0 Å². The zero-order valence-electron chi connectivity index (χ0n) is 7.52. The van der Waals surface area contributed by atoms with Crippen LogP contribution in [-0.2, 0) is 9.53 Å². The highest BCUT2D eigenvalue weighted by atomic mass is 16.5. The summed E-state index contributed by atoms with van der Waals surface area (Å²) in [6, 6.07) is 0. The number of hydrogen-bond acceptors (Lipinski definition) is 2. The molecule has 11 heavy (non-hydrogen) atoms. The van der Waals surface area contributed by atoms with Gasteiger partial charge in [0.25, 0.3) is 0 Å². The molecule has 2 nitrogen and oxygen atoms in total. The van der Waals surface area contributed by atoms with Crippen LogP contribution in [0.4, 0.5) is 0 Å². The van der Waals surface area contributed by atoms with Crippen LogP contribution >= 0.6 is 0 Å². The molecule has 0 unspecified atom stereocenters. The molecule has 2 heteroatoms. The average molecular weight is 156 g/mol. The molecule has 1 fully saturated rings. The minimum atomic E-state index is -0.102. The minimum Gasteiger partial charge on any atom is -0.372 e. The maximum Gasteiger partial charge on any atom is 0.135 e. The molecule has 0 aromatic heterocycles. The van der Waals surface area contributed by atoms with Gasteiger partial charge < -0.3 is 4.74 Å². The summed E-state index contributed by atoms with van der Waals surface area (Å²) in [5, 5.41) is 0. The predicted octanol–water partition coefficient (Wildman–Crippen LogP) is 1.92. The molecule has 0 radical (unpaired) electrons. The van der Waals surface area contributed by atoms with E-state index in [-0.39, 0.29) is 11.7 Å². The van der Waals surface area contributed by atoms with Crippen molar-refractivity contribution in [3.8, 4) is 0 Å². The van der Waals surface area contributed by atoms with Gasteiger partial charge in [-0.05, 0) is 27.2 Å². The Labute approximate surface area is 67.9 Å².